The topological polar surface area (TPSA) is 69.4 Å². The number of pyridine rings is 2. The number of ether oxygens (including phenoxy) is 1. The fraction of sp³-hybridized carbons (Fsp3) is 0.167. The molecule has 6 rings (SSSR count). The zero-order valence-electron chi connectivity index (χ0n) is 25.4. The van der Waals surface area contributed by atoms with Gasteiger partial charge in [-0.3, -0.25) is 23.6 Å². The number of rotatable bonds is 6. The number of aromatic nitrogens is 3. The van der Waals surface area contributed by atoms with Gasteiger partial charge in [-0.05, 0) is 92.9 Å². The molecule has 0 fully saturated rings. The number of hydrogen-bond acceptors (Lipinski definition) is 5. The molecule has 45 heavy (non-hydrogen) atoms. The summed E-state index contributed by atoms with van der Waals surface area (Å²) >= 11 is 0. The lowest BCUT2D eigenvalue weighted by Gasteiger charge is -2.17. The van der Waals surface area contributed by atoms with Crippen molar-refractivity contribution >= 4 is 46.5 Å². The Morgan fingerprint density at radius 3 is 2.36 bits per heavy atom. The molecule has 0 saturated carbocycles. The Labute approximate surface area is 260 Å². The number of carbonyl (C=O) groups excluding carboxylic acids is 1. The first-order valence-corrected chi connectivity index (χ1v) is 14.6. The fourth-order valence-corrected chi connectivity index (χ4v) is 5.79. The Bertz CT molecular complexity index is 2130. The van der Waals surface area contributed by atoms with Crippen LogP contribution < -0.4 is 0 Å². The van der Waals surface area contributed by atoms with Gasteiger partial charge in [0.15, 0.2) is 0 Å². The molecule has 2 aromatic carbocycles. The van der Waals surface area contributed by atoms with Crippen molar-refractivity contribution in [2.24, 2.45) is 4.99 Å². The van der Waals surface area contributed by atoms with E-state index < -0.39 is 13.4 Å². The molecular weight excluding hydrogens is 569 g/mol. The molecule has 4 heterocycles. The average Bonchev–Trinajstić information content (AvgIpc) is 3.52. The maximum atomic E-state index is 14.2. The second kappa shape index (κ2) is 12.3. The summed E-state index contributed by atoms with van der Waals surface area (Å²) in [5.74, 6) is 5.81. The molecule has 0 amide bonds. The van der Waals surface area contributed by atoms with E-state index in [9.17, 15) is 13.4 Å². The van der Waals surface area contributed by atoms with Crippen molar-refractivity contribution in [2.45, 2.75) is 34.1 Å². The third-order valence-corrected chi connectivity index (χ3v) is 7.73. The van der Waals surface area contributed by atoms with Gasteiger partial charge in [0, 0.05) is 57.8 Å². The molecule has 0 saturated heterocycles. The summed E-state index contributed by atoms with van der Waals surface area (Å²) in [5.41, 5.74) is 7.98. The van der Waals surface area contributed by atoms with Crippen LogP contribution in [-0.2, 0) is 4.74 Å². The predicted octanol–water partition coefficient (Wildman–Crippen LogP) is 7.75. The van der Waals surface area contributed by atoms with E-state index in [-0.39, 0.29) is 6.61 Å². The molecular formula is C36H29BF2N4O2. The summed E-state index contributed by atoms with van der Waals surface area (Å²) in [6, 6.07) is 18.2. The number of carbonyl (C=O) groups is 1. The Kier molecular flexibility index (Phi) is 8.14. The largest absolute Gasteiger partial charge is 0.677 e. The molecule has 0 aliphatic carbocycles. The van der Waals surface area contributed by atoms with Gasteiger partial charge in [0.2, 0.25) is 0 Å². The van der Waals surface area contributed by atoms with E-state index in [1.807, 2.05) is 57.2 Å². The normalized spacial score (nSPS) is 13.7. The summed E-state index contributed by atoms with van der Waals surface area (Å²) in [4.78, 5) is 26.5. The molecule has 6 nitrogen and oxygen atoms in total. The van der Waals surface area contributed by atoms with E-state index in [1.165, 1.54) is 0 Å². The quantitative estimate of drug-likeness (QED) is 0.0659. The highest BCUT2D eigenvalue weighted by Gasteiger charge is 2.29. The lowest BCUT2D eigenvalue weighted by atomic mass is 9.94. The van der Waals surface area contributed by atoms with Crippen LogP contribution in [-0.4, -0.2) is 40.1 Å². The first-order valence-electron chi connectivity index (χ1n) is 14.6. The molecule has 5 aromatic rings. The molecule has 3 aromatic heterocycles. The molecule has 0 bridgehead atoms. The Balaban J connectivity index is 1.20. The second-order valence-corrected chi connectivity index (χ2v) is 10.9. The van der Waals surface area contributed by atoms with Crippen LogP contribution in [0, 0.1) is 25.7 Å². The average molecular weight is 598 g/mol. The number of esters is 1. The number of aryl methyl sites for hydroxylation is 2. The summed E-state index contributed by atoms with van der Waals surface area (Å²) in [7, 11) is -2.72. The molecule has 1 aliphatic heterocycles. The Hall–Kier alpha value is -5.36. The number of allylic oxidation sites excluding steroid dienone is 2. The minimum Gasteiger partial charge on any atom is -0.461 e. The van der Waals surface area contributed by atoms with Gasteiger partial charge >= 0.3 is 13.4 Å². The van der Waals surface area contributed by atoms with Crippen LogP contribution >= 0.6 is 0 Å². The van der Waals surface area contributed by atoms with Gasteiger partial charge in [0.05, 0.1) is 22.3 Å². The molecule has 9 heteroatoms. The van der Waals surface area contributed by atoms with E-state index in [1.54, 1.807) is 49.6 Å². The van der Waals surface area contributed by atoms with Crippen LogP contribution in [0.2, 0.25) is 0 Å². The Morgan fingerprint density at radius 2 is 1.64 bits per heavy atom. The molecule has 0 N–H and O–H groups in total. The van der Waals surface area contributed by atoms with Crippen LogP contribution in [0.3, 0.4) is 0 Å². The van der Waals surface area contributed by atoms with E-state index in [2.05, 4.69) is 26.8 Å². The van der Waals surface area contributed by atoms with E-state index >= 15 is 0 Å². The van der Waals surface area contributed by atoms with Crippen molar-refractivity contribution in [2.75, 3.05) is 6.61 Å². The first-order chi connectivity index (χ1) is 21.7. The Morgan fingerprint density at radius 1 is 0.933 bits per heavy atom. The number of fused-ring (bicyclic) bond motifs is 3. The van der Waals surface area contributed by atoms with Crippen molar-refractivity contribution in [3.63, 3.8) is 0 Å². The van der Waals surface area contributed by atoms with Crippen molar-refractivity contribution in [3.8, 4) is 11.8 Å². The lowest BCUT2D eigenvalue weighted by molar-refractivity contribution is 0.0513. The van der Waals surface area contributed by atoms with Crippen molar-refractivity contribution in [1.29, 1.82) is 0 Å². The van der Waals surface area contributed by atoms with Gasteiger partial charge < -0.3 is 9.21 Å². The highest BCUT2D eigenvalue weighted by molar-refractivity contribution is 6.41. The van der Waals surface area contributed by atoms with Crippen molar-refractivity contribution in [1.82, 2.24) is 14.4 Å². The third-order valence-electron chi connectivity index (χ3n) is 7.73. The van der Waals surface area contributed by atoms with E-state index in [0.717, 1.165) is 48.7 Å². The number of benzene rings is 2. The van der Waals surface area contributed by atoms with E-state index in [4.69, 9.17) is 4.74 Å². The molecule has 0 atom stereocenters. The summed E-state index contributed by atoms with van der Waals surface area (Å²) < 4.78 is 35.0. The summed E-state index contributed by atoms with van der Waals surface area (Å²) in [5, 5.41) is 1.87. The number of nitrogens with zero attached hydrogens (tertiary/aromatic N) is 4. The summed E-state index contributed by atoms with van der Waals surface area (Å²) in [6.07, 6.45) is 5.76. The predicted molar refractivity (Wildman–Crippen MR) is 175 cm³/mol. The van der Waals surface area contributed by atoms with Crippen LogP contribution in [0.4, 0.5) is 8.63 Å². The minimum absolute atomic E-state index is 0.118. The SMILES string of the molecule is CC1=CC(C)=N/C1=C(/c1ccc(C(=O)OCCC#Cc2cc3cccnc3c3ncccc23)cc1)c1c(C)cc(C)n1B(F)F. The number of halogens is 2. The molecule has 0 unspecified atom stereocenters. The van der Waals surface area contributed by atoms with Gasteiger partial charge in [-0.1, -0.05) is 30.0 Å². The molecule has 0 spiro atoms. The molecule has 222 valence electrons. The van der Waals surface area contributed by atoms with Crippen molar-refractivity contribution in [3.05, 3.63) is 124 Å². The zero-order valence-corrected chi connectivity index (χ0v) is 25.4. The lowest BCUT2D eigenvalue weighted by Crippen LogP contribution is -2.18. The zero-order chi connectivity index (χ0) is 31.7. The van der Waals surface area contributed by atoms with Crippen molar-refractivity contribution < 1.29 is 18.2 Å². The van der Waals surface area contributed by atoms with Crippen LogP contribution in [0.1, 0.15) is 58.7 Å². The fourth-order valence-electron chi connectivity index (χ4n) is 5.79. The smallest absolute Gasteiger partial charge is 0.461 e. The van der Waals surface area contributed by atoms with Crippen LogP contribution in [0.25, 0.3) is 27.4 Å². The molecule has 0 radical (unpaired) electrons. The van der Waals surface area contributed by atoms with Gasteiger partial charge in [-0.15, -0.1) is 0 Å². The molecule has 1 aliphatic rings. The highest BCUT2D eigenvalue weighted by atomic mass is 19.2. The first kappa shape index (κ1) is 29.7. The number of aliphatic imine (C=N–C) groups is 1. The third kappa shape index (κ3) is 5.79. The van der Waals surface area contributed by atoms with E-state index in [0.29, 0.717) is 40.2 Å². The minimum atomic E-state index is -2.72. The van der Waals surface area contributed by atoms with Gasteiger partial charge in [0.1, 0.15) is 6.61 Å². The van der Waals surface area contributed by atoms with Crippen LogP contribution in [0.15, 0.2) is 95.4 Å². The maximum Gasteiger partial charge on any atom is 0.677 e. The van der Waals surface area contributed by atoms with Gasteiger partial charge in [0.25, 0.3) is 0 Å². The highest BCUT2D eigenvalue weighted by Crippen LogP contribution is 2.37. The standard InChI is InChI=1S/C36H29BF2N4O2/c1-22-19-24(3)42-32(22)31(35-23(2)20-25(4)43(35)37(38)39)26-12-14-27(15-13-26)36(44)45-18-6-5-9-28-21-29-10-7-16-40-33(29)34-30(28)11-8-17-41-34/h7-8,10-17,19-21H,6,18H2,1-4H3/b32-31-. The van der Waals surface area contributed by atoms with Gasteiger partial charge in [-0.25, -0.2) is 4.79 Å². The second-order valence-electron chi connectivity index (χ2n) is 10.9. The monoisotopic (exact) mass is 598 g/mol. The number of hydrogen-bond donors (Lipinski definition) is 0. The summed E-state index contributed by atoms with van der Waals surface area (Å²) in [6.45, 7) is 7.39. The maximum absolute atomic E-state index is 14.2. The van der Waals surface area contributed by atoms with Crippen LogP contribution in [0.5, 0.6) is 0 Å². The van der Waals surface area contributed by atoms with Gasteiger partial charge in [-0.2, -0.15) is 0 Å².